The highest BCUT2D eigenvalue weighted by Crippen LogP contribution is 2.20. The lowest BCUT2D eigenvalue weighted by Gasteiger charge is -2.02. The molecule has 0 saturated heterocycles. The summed E-state index contributed by atoms with van der Waals surface area (Å²) in [5, 5.41) is 4.15. The van der Waals surface area contributed by atoms with Gasteiger partial charge in [-0.15, -0.1) is 0 Å². The molecule has 0 aliphatic heterocycles. The zero-order chi connectivity index (χ0) is 11.8. The van der Waals surface area contributed by atoms with E-state index in [4.69, 9.17) is 5.73 Å². The van der Waals surface area contributed by atoms with E-state index < -0.39 is 0 Å². The van der Waals surface area contributed by atoms with Crippen LogP contribution < -0.4 is 5.73 Å². The third-order valence-electron chi connectivity index (χ3n) is 2.77. The molecule has 2 heterocycles. The average molecular weight is 224 g/mol. The number of fused-ring (bicyclic) bond motifs is 1. The molecule has 4 nitrogen and oxygen atoms in total. The minimum absolute atomic E-state index is 0.598. The van der Waals surface area contributed by atoms with E-state index in [0.717, 1.165) is 11.1 Å². The summed E-state index contributed by atoms with van der Waals surface area (Å²) in [7, 11) is 0. The minimum Gasteiger partial charge on any atom is -0.394 e. The highest BCUT2D eigenvalue weighted by atomic mass is 15.2. The lowest BCUT2D eigenvalue weighted by Crippen LogP contribution is -1.93. The van der Waals surface area contributed by atoms with E-state index in [0.29, 0.717) is 11.3 Å². The maximum atomic E-state index is 5.74. The number of aromatic nitrogens is 3. The van der Waals surface area contributed by atoms with Crippen molar-refractivity contribution in [2.75, 3.05) is 5.73 Å². The van der Waals surface area contributed by atoms with Gasteiger partial charge in [-0.2, -0.15) is 5.10 Å². The number of benzene rings is 1. The van der Waals surface area contributed by atoms with Gasteiger partial charge in [0.1, 0.15) is 0 Å². The molecule has 84 valence electrons. The fourth-order valence-electron chi connectivity index (χ4n) is 1.79. The first kappa shape index (κ1) is 9.84. The van der Waals surface area contributed by atoms with E-state index in [-0.39, 0.29) is 0 Å². The van der Waals surface area contributed by atoms with E-state index in [1.807, 2.05) is 12.4 Å². The second-order valence-corrected chi connectivity index (χ2v) is 4.08. The summed E-state index contributed by atoms with van der Waals surface area (Å²) in [6, 6.07) is 8.31. The SMILES string of the molecule is Cc1ccc(-c2cnc3c(N)cnn3c2)cc1. The number of hydrogen-bond donors (Lipinski definition) is 1. The number of rotatable bonds is 1. The van der Waals surface area contributed by atoms with Crippen molar-refractivity contribution < 1.29 is 0 Å². The fraction of sp³-hybridized carbons (Fsp3) is 0.0769. The summed E-state index contributed by atoms with van der Waals surface area (Å²) in [5.41, 5.74) is 10.4. The number of nitrogens with zero attached hydrogens (tertiary/aromatic N) is 3. The van der Waals surface area contributed by atoms with Crippen molar-refractivity contribution in [3.05, 3.63) is 48.4 Å². The molecule has 4 heteroatoms. The van der Waals surface area contributed by atoms with Gasteiger partial charge in [0.05, 0.1) is 11.9 Å². The summed E-state index contributed by atoms with van der Waals surface area (Å²) in [6.45, 7) is 2.07. The molecule has 1 aromatic carbocycles. The molecular weight excluding hydrogens is 212 g/mol. The van der Waals surface area contributed by atoms with Gasteiger partial charge >= 0.3 is 0 Å². The zero-order valence-corrected chi connectivity index (χ0v) is 9.46. The Kier molecular flexibility index (Phi) is 2.08. The van der Waals surface area contributed by atoms with Crippen molar-refractivity contribution in [3.63, 3.8) is 0 Å². The first-order valence-corrected chi connectivity index (χ1v) is 5.40. The van der Waals surface area contributed by atoms with Crippen LogP contribution in [0.25, 0.3) is 16.8 Å². The Labute approximate surface area is 98.7 Å². The molecule has 0 bridgehead atoms. The van der Waals surface area contributed by atoms with Gasteiger partial charge in [-0.3, -0.25) is 0 Å². The molecule has 0 amide bonds. The normalized spacial score (nSPS) is 10.9. The summed E-state index contributed by atoms with van der Waals surface area (Å²) >= 11 is 0. The first-order valence-electron chi connectivity index (χ1n) is 5.40. The van der Waals surface area contributed by atoms with Crippen LogP contribution in [-0.4, -0.2) is 14.6 Å². The topological polar surface area (TPSA) is 56.2 Å². The van der Waals surface area contributed by atoms with Gasteiger partial charge < -0.3 is 5.73 Å². The van der Waals surface area contributed by atoms with Crippen molar-refractivity contribution in [1.29, 1.82) is 0 Å². The second kappa shape index (κ2) is 3.59. The average Bonchev–Trinajstić information content (AvgIpc) is 2.72. The number of nitrogens with two attached hydrogens (primary N) is 1. The molecule has 0 fully saturated rings. The molecule has 2 aromatic heterocycles. The van der Waals surface area contributed by atoms with E-state index >= 15 is 0 Å². The van der Waals surface area contributed by atoms with Crippen molar-refractivity contribution in [3.8, 4) is 11.1 Å². The van der Waals surface area contributed by atoms with Crippen LogP contribution in [0.5, 0.6) is 0 Å². The van der Waals surface area contributed by atoms with Gasteiger partial charge in [-0.25, -0.2) is 9.50 Å². The summed E-state index contributed by atoms with van der Waals surface area (Å²) < 4.78 is 1.70. The third-order valence-corrected chi connectivity index (χ3v) is 2.77. The number of hydrogen-bond acceptors (Lipinski definition) is 3. The smallest absolute Gasteiger partial charge is 0.178 e. The molecule has 0 aliphatic carbocycles. The van der Waals surface area contributed by atoms with Gasteiger partial charge in [-0.1, -0.05) is 29.8 Å². The number of nitrogen functional groups attached to an aromatic ring is 1. The van der Waals surface area contributed by atoms with Crippen molar-refractivity contribution in [2.24, 2.45) is 0 Å². The van der Waals surface area contributed by atoms with Crippen LogP contribution in [-0.2, 0) is 0 Å². The van der Waals surface area contributed by atoms with E-state index in [2.05, 4.69) is 41.3 Å². The van der Waals surface area contributed by atoms with Crippen LogP contribution in [0.1, 0.15) is 5.56 Å². The van der Waals surface area contributed by atoms with Gasteiger partial charge in [0.25, 0.3) is 0 Å². The Morgan fingerprint density at radius 2 is 1.82 bits per heavy atom. The molecule has 3 rings (SSSR count). The van der Waals surface area contributed by atoms with Crippen LogP contribution in [0, 0.1) is 6.92 Å². The van der Waals surface area contributed by atoms with E-state index in [1.54, 1.807) is 10.7 Å². The summed E-state index contributed by atoms with van der Waals surface area (Å²) in [5.74, 6) is 0. The molecule has 0 atom stereocenters. The minimum atomic E-state index is 0.598. The highest BCUT2D eigenvalue weighted by Gasteiger charge is 2.04. The van der Waals surface area contributed by atoms with Crippen molar-refractivity contribution in [2.45, 2.75) is 6.92 Å². The molecule has 17 heavy (non-hydrogen) atoms. The molecule has 0 spiro atoms. The van der Waals surface area contributed by atoms with Crippen molar-refractivity contribution in [1.82, 2.24) is 14.6 Å². The number of aryl methyl sites for hydroxylation is 1. The molecule has 0 unspecified atom stereocenters. The lowest BCUT2D eigenvalue weighted by molar-refractivity contribution is 0.941. The molecular formula is C13H12N4. The van der Waals surface area contributed by atoms with Gasteiger partial charge in [0.2, 0.25) is 0 Å². The Balaban J connectivity index is 2.14. The third kappa shape index (κ3) is 1.63. The summed E-state index contributed by atoms with van der Waals surface area (Å²) in [6.07, 6.45) is 5.36. The molecule has 2 N–H and O–H groups in total. The fourth-order valence-corrected chi connectivity index (χ4v) is 1.79. The molecule has 0 radical (unpaired) electrons. The first-order chi connectivity index (χ1) is 8.24. The molecule has 3 aromatic rings. The highest BCUT2D eigenvalue weighted by molar-refractivity contribution is 5.68. The Hall–Kier alpha value is -2.36. The lowest BCUT2D eigenvalue weighted by atomic mass is 10.1. The molecule has 0 aliphatic rings. The zero-order valence-electron chi connectivity index (χ0n) is 9.46. The van der Waals surface area contributed by atoms with Gasteiger partial charge in [-0.05, 0) is 12.5 Å². The van der Waals surface area contributed by atoms with Crippen LogP contribution >= 0.6 is 0 Å². The van der Waals surface area contributed by atoms with Gasteiger partial charge in [0.15, 0.2) is 5.65 Å². The van der Waals surface area contributed by atoms with Crippen LogP contribution in [0.4, 0.5) is 5.69 Å². The Morgan fingerprint density at radius 3 is 2.59 bits per heavy atom. The standard InChI is InChI=1S/C13H12N4/c1-9-2-4-10(5-3-9)11-6-15-13-12(14)7-16-17(13)8-11/h2-8H,14H2,1H3. The largest absolute Gasteiger partial charge is 0.394 e. The quantitative estimate of drug-likeness (QED) is 0.690. The van der Waals surface area contributed by atoms with Crippen molar-refractivity contribution >= 4 is 11.3 Å². The Morgan fingerprint density at radius 1 is 1.06 bits per heavy atom. The second-order valence-electron chi connectivity index (χ2n) is 4.08. The van der Waals surface area contributed by atoms with Crippen LogP contribution in [0.15, 0.2) is 42.9 Å². The predicted molar refractivity (Wildman–Crippen MR) is 67.6 cm³/mol. The van der Waals surface area contributed by atoms with Gasteiger partial charge in [0, 0.05) is 18.0 Å². The van der Waals surface area contributed by atoms with E-state index in [9.17, 15) is 0 Å². The summed E-state index contributed by atoms with van der Waals surface area (Å²) in [4.78, 5) is 4.31. The monoisotopic (exact) mass is 224 g/mol. The van der Waals surface area contributed by atoms with E-state index in [1.165, 1.54) is 5.56 Å². The maximum absolute atomic E-state index is 5.74. The molecule has 0 saturated carbocycles. The van der Waals surface area contributed by atoms with Crippen LogP contribution in [0.2, 0.25) is 0 Å². The Bertz CT molecular complexity index is 667. The maximum Gasteiger partial charge on any atom is 0.178 e. The number of anilines is 1. The van der Waals surface area contributed by atoms with Crippen LogP contribution in [0.3, 0.4) is 0 Å². The predicted octanol–water partition coefficient (Wildman–Crippen LogP) is 2.29.